The lowest BCUT2D eigenvalue weighted by molar-refractivity contribution is -0.123. The average molecular weight is 453 g/mol. The molecule has 0 spiro atoms. The second-order valence-electron chi connectivity index (χ2n) is 6.48. The highest BCUT2D eigenvalue weighted by molar-refractivity contribution is 6.34. The second-order valence-corrected chi connectivity index (χ2v) is 7.32. The van der Waals surface area contributed by atoms with Gasteiger partial charge in [0.2, 0.25) is 0 Å². The molecule has 6 nitrogen and oxygen atoms in total. The van der Waals surface area contributed by atoms with Gasteiger partial charge in [0.1, 0.15) is 5.75 Å². The van der Waals surface area contributed by atoms with Crippen LogP contribution in [0.4, 0.5) is 0 Å². The number of benzene rings is 2. The molecule has 0 radical (unpaired) electrons. The van der Waals surface area contributed by atoms with Crippen LogP contribution in [-0.2, 0) is 4.79 Å². The molecule has 162 valence electrons. The smallest absolute Gasteiger partial charge is 0.277 e. The maximum absolute atomic E-state index is 11.9. The molecular formula is C22H26Cl2N2O4. The number of halogens is 2. The summed E-state index contributed by atoms with van der Waals surface area (Å²) in [5.74, 6) is 1.20. The van der Waals surface area contributed by atoms with Crippen molar-refractivity contribution in [3.05, 3.63) is 52.0 Å². The number of carbonyl (C=O) groups is 1. The summed E-state index contributed by atoms with van der Waals surface area (Å²) in [6.45, 7) is 2.58. The Morgan fingerprint density at radius 2 is 1.87 bits per heavy atom. The normalized spacial score (nSPS) is 10.8. The topological polar surface area (TPSA) is 69.2 Å². The number of carbonyl (C=O) groups excluding carboxylic acids is 1. The first-order chi connectivity index (χ1) is 14.5. The van der Waals surface area contributed by atoms with Crippen molar-refractivity contribution in [2.24, 2.45) is 5.10 Å². The lowest BCUT2D eigenvalue weighted by Crippen LogP contribution is -2.24. The SMILES string of the molecule is CCCCCCOc1ccc(/C=N/NC(=O)COc2cc(Cl)ccc2Cl)cc1OC. The molecule has 1 N–H and O–H groups in total. The summed E-state index contributed by atoms with van der Waals surface area (Å²) in [7, 11) is 1.58. The third kappa shape index (κ3) is 8.13. The molecule has 0 aromatic heterocycles. The minimum Gasteiger partial charge on any atom is -0.493 e. The van der Waals surface area contributed by atoms with Gasteiger partial charge in [0.05, 0.1) is 25.0 Å². The van der Waals surface area contributed by atoms with Crippen LogP contribution in [0.3, 0.4) is 0 Å². The number of hydrazone groups is 1. The molecule has 0 bridgehead atoms. The largest absolute Gasteiger partial charge is 0.493 e. The maximum Gasteiger partial charge on any atom is 0.277 e. The predicted octanol–water partition coefficient (Wildman–Crippen LogP) is 5.49. The molecule has 30 heavy (non-hydrogen) atoms. The molecule has 0 fully saturated rings. The molecular weight excluding hydrogens is 427 g/mol. The van der Waals surface area contributed by atoms with E-state index in [1.54, 1.807) is 31.4 Å². The van der Waals surface area contributed by atoms with E-state index in [1.807, 2.05) is 12.1 Å². The lowest BCUT2D eigenvalue weighted by Gasteiger charge is -2.11. The highest BCUT2D eigenvalue weighted by atomic mass is 35.5. The highest BCUT2D eigenvalue weighted by Gasteiger charge is 2.07. The van der Waals surface area contributed by atoms with Gasteiger partial charge in [0, 0.05) is 11.1 Å². The van der Waals surface area contributed by atoms with Crippen molar-refractivity contribution in [2.45, 2.75) is 32.6 Å². The summed E-state index contributed by atoms with van der Waals surface area (Å²) >= 11 is 11.9. The molecule has 0 aliphatic heterocycles. The van der Waals surface area contributed by atoms with E-state index in [-0.39, 0.29) is 6.61 Å². The first-order valence-electron chi connectivity index (χ1n) is 9.74. The summed E-state index contributed by atoms with van der Waals surface area (Å²) in [5, 5.41) is 4.77. The number of nitrogens with zero attached hydrogens (tertiary/aromatic N) is 1. The molecule has 2 aromatic carbocycles. The van der Waals surface area contributed by atoms with Crippen LogP contribution >= 0.6 is 23.2 Å². The van der Waals surface area contributed by atoms with Crippen LogP contribution in [0, 0.1) is 0 Å². The van der Waals surface area contributed by atoms with Crippen LogP contribution in [0.15, 0.2) is 41.5 Å². The van der Waals surface area contributed by atoms with Gasteiger partial charge in [-0.3, -0.25) is 4.79 Å². The predicted molar refractivity (Wildman–Crippen MR) is 120 cm³/mol. The van der Waals surface area contributed by atoms with Crippen LogP contribution < -0.4 is 19.6 Å². The van der Waals surface area contributed by atoms with E-state index in [9.17, 15) is 4.79 Å². The van der Waals surface area contributed by atoms with Crippen molar-refractivity contribution >= 4 is 35.3 Å². The van der Waals surface area contributed by atoms with Crippen LogP contribution in [0.2, 0.25) is 10.0 Å². The molecule has 2 aromatic rings. The Morgan fingerprint density at radius 1 is 1.03 bits per heavy atom. The fourth-order valence-electron chi connectivity index (χ4n) is 2.54. The minimum absolute atomic E-state index is 0.245. The summed E-state index contributed by atoms with van der Waals surface area (Å²) in [6, 6.07) is 10.2. The third-order valence-corrected chi connectivity index (χ3v) is 4.65. The monoisotopic (exact) mass is 452 g/mol. The molecule has 1 amide bonds. The van der Waals surface area contributed by atoms with E-state index in [4.69, 9.17) is 37.4 Å². The Morgan fingerprint density at radius 3 is 2.63 bits per heavy atom. The summed E-state index contributed by atoms with van der Waals surface area (Å²) < 4.78 is 16.5. The van der Waals surface area contributed by atoms with E-state index in [0.29, 0.717) is 33.9 Å². The fraction of sp³-hybridized carbons (Fsp3) is 0.364. The number of hydrogen-bond acceptors (Lipinski definition) is 5. The van der Waals surface area contributed by atoms with E-state index in [2.05, 4.69) is 17.5 Å². The average Bonchev–Trinajstić information content (AvgIpc) is 2.74. The summed E-state index contributed by atoms with van der Waals surface area (Å²) in [6.07, 6.45) is 6.07. The summed E-state index contributed by atoms with van der Waals surface area (Å²) in [4.78, 5) is 11.9. The van der Waals surface area contributed by atoms with Gasteiger partial charge in [-0.1, -0.05) is 49.4 Å². The van der Waals surface area contributed by atoms with Crippen molar-refractivity contribution in [3.63, 3.8) is 0 Å². The van der Waals surface area contributed by atoms with Crippen LogP contribution in [-0.4, -0.2) is 32.4 Å². The van der Waals surface area contributed by atoms with E-state index in [0.717, 1.165) is 18.4 Å². The van der Waals surface area contributed by atoms with Crippen molar-refractivity contribution < 1.29 is 19.0 Å². The molecule has 0 unspecified atom stereocenters. The molecule has 8 heteroatoms. The van der Waals surface area contributed by atoms with Gasteiger partial charge in [-0.05, 0) is 42.3 Å². The number of unbranched alkanes of at least 4 members (excludes halogenated alkanes) is 3. The Bertz CT molecular complexity index is 859. The Hall–Kier alpha value is -2.44. The zero-order valence-corrected chi connectivity index (χ0v) is 18.6. The molecule has 2 rings (SSSR count). The molecule has 0 aliphatic carbocycles. The van der Waals surface area contributed by atoms with Crippen LogP contribution in [0.5, 0.6) is 17.2 Å². The number of nitrogens with one attached hydrogen (secondary N) is 1. The molecule has 0 atom stereocenters. The fourth-order valence-corrected chi connectivity index (χ4v) is 2.87. The van der Waals surface area contributed by atoms with Gasteiger partial charge in [-0.2, -0.15) is 5.10 Å². The van der Waals surface area contributed by atoms with Gasteiger partial charge < -0.3 is 14.2 Å². The van der Waals surface area contributed by atoms with E-state index in [1.165, 1.54) is 19.1 Å². The van der Waals surface area contributed by atoms with Crippen molar-refractivity contribution in [1.82, 2.24) is 5.43 Å². The van der Waals surface area contributed by atoms with Gasteiger partial charge in [-0.25, -0.2) is 5.43 Å². The highest BCUT2D eigenvalue weighted by Crippen LogP contribution is 2.28. The first kappa shape index (κ1) is 23.8. The zero-order valence-electron chi connectivity index (χ0n) is 17.1. The van der Waals surface area contributed by atoms with Gasteiger partial charge in [0.15, 0.2) is 18.1 Å². The lowest BCUT2D eigenvalue weighted by atomic mass is 10.2. The van der Waals surface area contributed by atoms with Gasteiger partial charge in [-0.15, -0.1) is 0 Å². The molecule has 0 saturated heterocycles. The Kier molecular flexibility index (Phi) is 10.3. The first-order valence-corrected chi connectivity index (χ1v) is 10.5. The van der Waals surface area contributed by atoms with Crippen molar-refractivity contribution in [3.8, 4) is 17.2 Å². The van der Waals surface area contributed by atoms with E-state index < -0.39 is 5.91 Å². The molecule has 0 saturated carbocycles. The van der Waals surface area contributed by atoms with Crippen molar-refractivity contribution in [1.29, 1.82) is 0 Å². The number of hydrogen-bond donors (Lipinski definition) is 1. The van der Waals surface area contributed by atoms with Gasteiger partial charge >= 0.3 is 0 Å². The zero-order chi connectivity index (χ0) is 21.8. The second kappa shape index (κ2) is 13.0. The van der Waals surface area contributed by atoms with E-state index >= 15 is 0 Å². The molecule has 0 heterocycles. The number of amides is 1. The Balaban J connectivity index is 1.83. The minimum atomic E-state index is -0.429. The number of rotatable bonds is 12. The third-order valence-electron chi connectivity index (χ3n) is 4.10. The van der Waals surface area contributed by atoms with Crippen LogP contribution in [0.25, 0.3) is 0 Å². The number of methoxy groups -OCH3 is 1. The quantitative estimate of drug-likeness (QED) is 0.262. The molecule has 0 aliphatic rings. The number of ether oxygens (including phenoxy) is 3. The van der Waals surface area contributed by atoms with Crippen LogP contribution in [0.1, 0.15) is 38.2 Å². The van der Waals surface area contributed by atoms with Crippen molar-refractivity contribution in [2.75, 3.05) is 20.3 Å². The summed E-state index contributed by atoms with van der Waals surface area (Å²) in [5.41, 5.74) is 3.15. The Labute approximate surface area is 187 Å². The standard InChI is InChI=1S/C22H26Cl2N2O4/c1-3-4-5-6-11-29-19-10-7-16(12-21(19)28-2)14-25-26-22(27)15-30-20-13-17(23)8-9-18(20)24/h7-10,12-14H,3-6,11,15H2,1-2H3,(H,26,27)/b25-14+. The van der Waals surface area contributed by atoms with Gasteiger partial charge in [0.25, 0.3) is 5.91 Å². The maximum atomic E-state index is 11.9.